The Labute approximate surface area is 108 Å². The second-order valence-corrected chi connectivity index (χ2v) is 6.72. The summed E-state index contributed by atoms with van der Waals surface area (Å²) < 4.78 is 0. The normalized spacial score (nSPS) is 23.6. The predicted octanol–water partition coefficient (Wildman–Crippen LogP) is 3.13. The second-order valence-electron chi connectivity index (χ2n) is 6.72. The van der Waals surface area contributed by atoms with Crippen LogP contribution in [0.15, 0.2) is 0 Å². The number of likely N-dealkylation sites (tertiary alicyclic amines) is 1. The van der Waals surface area contributed by atoms with Gasteiger partial charge in [0, 0.05) is 12.1 Å². The molecule has 2 nitrogen and oxygen atoms in total. The van der Waals surface area contributed by atoms with E-state index in [-0.39, 0.29) is 0 Å². The summed E-state index contributed by atoms with van der Waals surface area (Å²) in [6, 6.07) is 1.31. The third-order valence-electron chi connectivity index (χ3n) is 4.72. The van der Waals surface area contributed by atoms with Crippen LogP contribution in [-0.2, 0) is 0 Å². The Balaban J connectivity index is 2.46. The minimum atomic E-state index is 0.489. The van der Waals surface area contributed by atoms with Gasteiger partial charge in [-0.3, -0.25) is 4.90 Å². The van der Waals surface area contributed by atoms with E-state index in [9.17, 15) is 0 Å². The molecule has 1 N–H and O–H groups in total. The minimum Gasteiger partial charge on any atom is -0.315 e. The molecule has 0 spiro atoms. The molecule has 0 aromatic rings. The molecule has 0 bridgehead atoms. The lowest BCUT2D eigenvalue weighted by molar-refractivity contribution is 0.0747. The summed E-state index contributed by atoms with van der Waals surface area (Å²) in [5, 5.41) is 3.45. The molecule has 2 heteroatoms. The first-order valence-electron chi connectivity index (χ1n) is 7.31. The van der Waals surface area contributed by atoms with Gasteiger partial charge in [0.05, 0.1) is 0 Å². The first-order valence-corrected chi connectivity index (χ1v) is 7.31. The molecular formula is C15H32N2. The van der Waals surface area contributed by atoms with Crippen LogP contribution >= 0.6 is 0 Å². The topological polar surface area (TPSA) is 15.3 Å². The lowest BCUT2D eigenvalue weighted by Crippen LogP contribution is -2.50. The molecule has 1 heterocycles. The van der Waals surface area contributed by atoms with Gasteiger partial charge in [-0.05, 0) is 57.7 Å². The van der Waals surface area contributed by atoms with Crippen molar-refractivity contribution in [1.82, 2.24) is 10.2 Å². The highest BCUT2D eigenvalue weighted by molar-refractivity contribution is 4.86. The van der Waals surface area contributed by atoms with Crippen molar-refractivity contribution in [2.75, 3.05) is 20.1 Å². The van der Waals surface area contributed by atoms with Gasteiger partial charge >= 0.3 is 0 Å². The van der Waals surface area contributed by atoms with Gasteiger partial charge in [0.15, 0.2) is 0 Å². The molecule has 0 saturated carbocycles. The summed E-state index contributed by atoms with van der Waals surface area (Å²) in [4.78, 5) is 2.67. The van der Waals surface area contributed by atoms with E-state index < -0.39 is 0 Å². The third-order valence-corrected chi connectivity index (χ3v) is 4.72. The van der Waals surface area contributed by atoms with Crippen LogP contribution in [-0.4, -0.2) is 37.1 Å². The molecule has 102 valence electrons. The molecule has 0 aromatic heterocycles. The standard InChI is InChI=1S/C15H32N2/c1-7-14(16-6)12(2)17-10-8-13(9-11-17)15(3,4)5/h12-14,16H,7-11H2,1-6H3. The Morgan fingerprint density at radius 3 is 2.12 bits per heavy atom. The molecule has 1 aliphatic heterocycles. The number of rotatable bonds is 4. The highest BCUT2D eigenvalue weighted by Gasteiger charge is 2.31. The second kappa shape index (κ2) is 6.19. The molecule has 1 rings (SSSR count). The number of nitrogens with one attached hydrogen (secondary N) is 1. The fourth-order valence-corrected chi connectivity index (χ4v) is 3.21. The van der Waals surface area contributed by atoms with E-state index >= 15 is 0 Å². The Morgan fingerprint density at radius 1 is 1.24 bits per heavy atom. The maximum atomic E-state index is 3.45. The van der Waals surface area contributed by atoms with Gasteiger partial charge < -0.3 is 5.32 Å². The van der Waals surface area contributed by atoms with Crippen molar-refractivity contribution in [2.45, 2.75) is 66.0 Å². The molecule has 17 heavy (non-hydrogen) atoms. The quantitative estimate of drug-likeness (QED) is 0.812. The zero-order chi connectivity index (χ0) is 13.1. The van der Waals surface area contributed by atoms with E-state index in [1.54, 1.807) is 0 Å². The van der Waals surface area contributed by atoms with Crippen LogP contribution in [0.1, 0.15) is 53.9 Å². The average molecular weight is 240 g/mol. The maximum absolute atomic E-state index is 3.45. The van der Waals surface area contributed by atoms with Crippen LogP contribution in [0.25, 0.3) is 0 Å². The maximum Gasteiger partial charge on any atom is 0.0220 e. The summed E-state index contributed by atoms with van der Waals surface area (Å²) >= 11 is 0. The van der Waals surface area contributed by atoms with Crippen molar-refractivity contribution in [1.29, 1.82) is 0 Å². The van der Waals surface area contributed by atoms with E-state index in [0.29, 0.717) is 17.5 Å². The van der Waals surface area contributed by atoms with E-state index in [1.807, 2.05) is 0 Å². The average Bonchev–Trinajstić information content (AvgIpc) is 2.29. The molecule has 2 atom stereocenters. The summed E-state index contributed by atoms with van der Waals surface area (Å²) in [5.74, 6) is 0.903. The summed E-state index contributed by atoms with van der Waals surface area (Å²) in [6.45, 7) is 14.4. The van der Waals surface area contributed by atoms with Crippen LogP contribution in [0.3, 0.4) is 0 Å². The number of likely N-dealkylation sites (N-methyl/N-ethyl adjacent to an activating group) is 1. The lowest BCUT2D eigenvalue weighted by atomic mass is 9.75. The molecular weight excluding hydrogens is 208 g/mol. The molecule has 0 aromatic carbocycles. The Bertz CT molecular complexity index is 207. The summed E-state index contributed by atoms with van der Waals surface area (Å²) in [7, 11) is 2.09. The van der Waals surface area contributed by atoms with Crippen molar-refractivity contribution in [3.05, 3.63) is 0 Å². The zero-order valence-corrected chi connectivity index (χ0v) is 12.7. The van der Waals surface area contributed by atoms with Crippen LogP contribution < -0.4 is 5.32 Å². The van der Waals surface area contributed by atoms with Crippen molar-refractivity contribution >= 4 is 0 Å². The minimum absolute atomic E-state index is 0.489. The smallest absolute Gasteiger partial charge is 0.0220 e. The number of hydrogen-bond acceptors (Lipinski definition) is 2. The number of nitrogens with zero attached hydrogens (tertiary/aromatic N) is 1. The largest absolute Gasteiger partial charge is 0.315 e. The predicted molar refractivity (Wildman–Crippen MR) is 76.4 cm³/mol. The van der Waals surface area contributed by atoms with Crippen molar-refractivity contribution in [2.24, 2.45) is 11.3 Å². The molecule has 0 radical (unpaired) electrons. The van der Waals surface area contributed by atoms with Crippen molar-refractivity contribution in [3.8, 4) is 0 Å². The fraction of sp³-hybridized carbons (Fsp3) is 1.00. The van der Waals surface area contributed by atoms with Crippen LogP contribution in [0, 0.1) is 11.3 Å². The van der Waals surface area contributed by atoms with Gasteiger partial charge in [-0.2, -0.15) is 0 Å². The van der Waals surface area contributed by atoms with Crippen LogP contribution in [0.4, 0.5) is 0 Å². The number of piperidine rings is 1. The van der Waals surface area contributed by atoms with E-state index in [0.717, 1.165) is 5.92 Å². The van der Waals surface area contributed by atoms with E-state index in [1.165, 1.54) is 32.4 Å². The number of hydrogen-bond donors (Lipinski definition) is 1. The van der Waals surface area contributed by atoms with Crippen molar-refractivity contribution in [3.63, 3.8) is 0 Å². The van der Waals surface area contributed by atoms with Crippen LogP contribution in [0.5, 0.6) is 0 Å². The lowest BCUT2D eigenvalue weighted by Gasteiger charge is -2.43. The Morgan fingerprint density at radius 2 is 1.76 bits per heavy atom. The third kappa shape index (κ3) is 3.96. The highest BCUT2D eigenvalue weighted by Crippen LogP contribution is 2.34. The molecule has 0 aliphatic carbocycles. The molecule has 1 fully saturated rings. The van der Waals surface area contributed by atoms with Crippen molar-refractivity contribution < 1.29 is 0 Å². The van der Waals surface area contributed by atoms with E-state index in [2.05, 4.69) is 51.9 Å². The van der Waals surface area contributed by atoms with E-state index in [4.69, 9.17) is 0 Å². The first kappa shape index (κ1) is 15.0. The van der Waals surface area contributed by atoms with Gasteiger partial charge in [-0.1, -0.05) is 27.7 Å². The van der Waals surface area contributed by atoms with Crippen LogP contribution in [0.2, 0.25) is 0 Å². The monoisotopic (exact) mass is 240 g/mol. The first-order chi connectivity index (χ1) is 7.90. The fourth-order valence-electron chi connectivity index (χ4n) is 3.21. The van der Waals surface area contributed by atoms with Gasteiger partial charge in [-0.25, -0.2) is 0 Å². The SMILES string of the molecule is CCC(NC)C(C)N1CCC(C(C)(C)C)CC1. The Kier molecular flexibility index (Phi) is 5.46. The molecule has 1 saturated heterocycles. The highest BCUT2D eigenvalue weighted by atomic mass is 15.2. The zero-order valence-electron chi connectivity index (χ0n) is 12.7. The molecule has 1 aliphatic rings. The Hall–Kier alpha value is -0.0800. The molecule has 0 amide bonds. The van der Waals surface area contributed by atoms with Gasteiger partial charge in [0.25, 0.3) is 0 Å². The van der Waals surface area contributed by atoms with Gasteiger partial charge in [0.1, 0.15) is 0 Å². The molecule has 2 unspecified atom stereocenters. The van der Waals surface area contributed by atoms with Gasteiger partial charge in [-0.15, -0.1) is 0 Å². The summed E-state index contributed by atoms with van der Waals surface area (Å²) in [6.07, 6.45) is 3.96. The van der Waals surface area contributed by atoms with Gasteiger partial charge in [0.2, 0.25) is 0 Å². The summed E-state index contributed by atoms with van der Waals surface area (Å²) in [5.41, 5.74) is 0.489.